The molecule has 0 aromatic rings. The summed E-state index contributed by atoms with van der Waals surface area (Å²) in [7, 11) is 0. The fourth-order valence-electron chi connectivity index (χ4n) is 0.597. The highest BCUT2D eigenvalue weighted by molar-refractivity contribution is 5.62. The van der Waals surface area contributed by atoms with Gasteiger partial charge in [0.05, 0.1) is 13.2 Å². The summed E-state index contributed by atoms with van der Waals surface area (Å²) in [5.41, 5.74) is 0. The molecule has 0 aliphatic carbocycles. The molecule has 0 spiro atoms. The molecular formula is C13H26O4. The lowest BCUT2D eigenvalue weighted by Crippen LogP contribution is -1.87. The first-order valence-electron chi connectivity index (χ1n) is 5.66. The topological polar surface area (TPSA) is 66.8 Å². The maximum absolute atomic E-state index is 9.00. The van der Waals surface area contributed by atoms with Crippen LogP contribution in [0.1, 0.15) is 33.1 Å². The highest BCUT2D eigenvalue weighted by Gasteiger charge is 1.76. The largest absolute Gasteiger partial charge is 0.481 e. The number of unbranched alkanes of at least 4 members (excludes halogenated alkanes) is 2. The Morgan fingerprint density at radius 3 is 1.82 bits per heavy atom. The smallest absolute Gasteiger partial charge is 0.300 e. The van der Waals surface area contributed by atoms with Gasteiger partial charge in [-0.05, 0) is 6.42 Å². The normalized spacial score (nSPS) is 7.94. The van der Waals surface area contributed by atoms with Gasteiger partial charge in [0.25, 0.3) is 5.97 Å². The van der Waals surface area contributed by atoms with E-state index in [0.29, 0.717) is 19.8 Å². The Labute approximate surface area is 105 Å². The Kier molecular flexibility index (Phi) is 30.2. The maximum Gasteiger partial charge on any atom is 0.300 e. The minimum atomic E-state index is -0.833. The van der Waals surface area contributed by atoms with Crippen LogP contribution >= 0.6 is 0 Å². The van der Waals surface area contributed by atoms with Crippen molar-refractivity contribution in [2.45, 2.75) is 33.1 Å². The van der Waals surface area contributed by atoms with Crippen LogP contribution in [0.5, 0.6) is 0 Å². The molecule has 4 heteroatoms. The van der Waals surface area contributed by atoms with E-state index in [1.165, 1.54) is 6.42 Å². The molecule has 0 fully saturated rings. The Bertz CT molecular complexity index is 151. The molecule has 0 aliphatic heterocycles. The molecular weight excluding hydrogens is 220 g/mol. The van der Waals surface area contributed by atoms with Gasteiger partial charge in [-0.25, -0.2) is 0 Å². The van der Waals surface area contributed by atoms with Crippen molar-refractivity contribution in [3.05, 3.63) is 25.3 Å². The van der Waals surface area contributed by atoms with Gasteiger partial charge in [-0.3, -0.25) is 4.79 Å². The second-order valence-corrected chi connectivity index (χ2v) is 3.06. The van der Waals surface area contributed by atoms with Crippen molar-refractivity contribution < 1.29 is 19.7 Å². The number of carbonyl (C=O) groups is 1. The zero-order chi connectivity index (χ0) is 13.9. The molecule has 0 heterocycles. The highest BCUT2D eigenvalue weighted by atomic mass is 16.5. The van der Waals surface area contributed by atoms with E-state index in [4.69, 9.17) is 19.7 Å². The van der Waals surface area contributed by atoms with Crippen LogP contribution in [-0.4, -0.2) is 36.0 Å². The zero-order valence-corrected chi connectivity index (χ0v) is 11.0. The van der Waals surface area contributed by atoms with Crippen LogP contribution < -0.4 is 0 Å². The van der Waals surface area contributed by atoms with Crippen molar-refractivity contribution in [3.63, 3.8) is 0 Å². The third-order valence-corrected chi connectivity index (χ3v) is 1.23. The number of hydrogen-bond donors (Lipinski definition) is 2. The fourth-order valence-corrected chi connectivity index (χ4v) is 0.597. The van der Waals surface area contributed by atoms with Crippen LogP contribution in [0.3, 0.4) is 0 Å². The number of carboxylic acid groups (broad SMARTS) is 1. The van der Waals surface area contributed by atoms with Crippen LogP contribution in [-0.2, 0) is 9.53 Å². The average Bonchev–Trinajstić information content (AvgIpc) is 2.27. The number of carboxylic acids is 1. The lowest BCUT2D eigenvalue weighted by Gasteiger charge is -1.89. The lowest BCUT2D eigenvalue weighted by atomic mass is 10.3. The molecule has 0 saturated carbocycles. The first-order chi connectivity index (χ1) is 8.06. The summed E-state index contributed by atoms with van der Waals surface area (Å²) in [6.45, 7) is 11.7. The Balaban J connectivity index is -0.000000180. The standard InChI is InChI=1S/C6H10O.C5H12O.C2H4O2/c1-3-5-7-6-4-2;1-2-3-4-5-6;1-2(3)4/h3-4H,1-2,5-6H2;6H,2-5H2,1H3;1H3,(H,3,4). The summed E-state index contributed by atoms with van der Waals surface area (Å²) in [5.74, 6) is -0.833. The second kappa shape index (κ2) is 24.2. The molecule has 102 valence electrons. The van der Waals surface area contributed by atoms with Crippen LogP contribution in [0.15, 0.2) is 25.3 Å². The average molecular weight is 246 g/mol. The molecule has 0 bridgehead atoms. The first kappa shape index (κ1) is 21.2. The molecule has 4 nitrogen and oxygen atoms in total. The van der Waals surface area contributed by atoms with Crippen molar-refractivity contribution in [1.82, 2.24) is 0 Å². The molecule has 0 atom stereocenters. The molecule has 0 unspecified atom stereocenters. The molecule has 0 radical (unpaired) electrons. The first-order valence-corrected chi connectivity index (χ1v) is 5.66. The van der Waals surface area contributed by atoms with E-state index >= 15 is 0 Å². The maximum atomic E-state index is 9.00. The third-order valence-electron chi connectivity index (χ3n) is 1.23. The summed E-state index contributed by atoms with van der Waals surface area (Å²) in [5, 5.41) is 15.6. The molecule has 0 aromatic heterocycles. The van der Waals surface area contributed by atoms with Crippen molar-refractivity contribution in [3.8, 4) is 0 Å². The summed E-state index contributed by atoms with van der Waals surface area (Å²) in [6.07, 6.45) is 6.75. The Hall–Kier alpha value is -1.13. The molecule has 0 saturated heterocycles. The zero-order valence-electron chi connectivity index (χ0n) is 11.0. The Morgan fingerprint density at radius 1 is 1.24 bits per heavy atom. The van der Waals surface area contributed by atoms with Crippen molar-refractivity contribution in [1.29, 1.82) is 0 Å². The predicted octanol–water partition coefficient (Wildman–Crippen LogP) is 2.63. The van der Waals surface area contributed by atoms with E-state index in [9.17, 15) is 0 Å². The van der Waals surface area contributed by atoms with Gasteiger partial charge in [0.2, 0.25) is 0 Å². The van der Waals surface area contributed by atoms with Crippen LogP contribution in [0, 0.1) is 0 Å². The molecule has 0 aromatic carbocycles. The van der Waals surface area contributed by atoms with Gasteiger partial charge in [0, 0.05) is 13.5 Å². The second-order valence-electron chi connectivity index (χ2n) is 3.06. The lowest BCUT2D eigenvalue weighted by molar-refractivity contribution is -0.134. The Morgan fingerprint density at radius 2 is 1.65 bits per heavy atom. The number of rotatable bonds is 7. The van der Waals surface area contributed by atoms with Gasteiger partial charge in [-0.15, -0.1) is 13.2 Å². The number of hydrogen-bond acceptors (Lipinski definition) is 3. The van der Waals surface area contributed by atoms with Gasteiger partial charge in [0.1, 0.15) is 0 Å². The number of aliphatic hydroxyl groups excluding tert-OH is 1. The van der Waals surface area contributed by atoms with Gasteiger partial charge in [0.15, 0.2) is 0 Å². The van der Waals surface area contributed by atoms with E-state index in [1.54, 1.807) is 12.2 Å². The SMILES string of the molecule is C=CCOCC=C.CC(=O)O.CCCCCO. The number of ether oxygens (including phenoxy) is 1. The van der Waals surface area contributed by atoms with Gasteiger partial charge in [-0.2, -0.15) is 0 Å². The molecule has 0 aliphatic rings. The van der Waals surface area contributed by atoms with Crippen LogP contribution in [0.4, 0.5) is 0 Å². The predicted molar refractivity (Wildman–Crippen MR) is 71.1 cm³/mol. The monoisotopic (exact) mass is 246 g/mol. The summed E-state index contributed by atoms with van der Waals surface area (Å²) in [6, 6.07) is 0. The van der Waals surface area contributed by atoms with E-state index in [1.807, 2.05) is 0 Å². The minimum Gasteiger partial charge on any atom is -0.481 e. The van der Waals surface area contributed by atoms with Crippen molar-refractivity contribution >= 4 is 5.97 Å². The van der Waals surface area contributed by atoms with E-state index in [0.717, 1.165) is 19.8 Å². The fraction of sp³-hybridized carbons (Fsp3) is 0.615. The molecule has 2 N–H and O–H groups in total. The van der Waals surface area contributed by atoms with Gasteiger partial charge < -0.3 is 14.9 Å². The molecule has 0 rings (SSSR count). The quantitative estimate of drug-likeness (QED) is 0.535. The van der Waals surface area contributed by atoms with Crippen LogP contribution in [0.2, 0.25) is 0 Å². The third kappa shape index (κ3) is 71.5. The summed E-state index contributed by atoms with van der Waals surface area (Å²) in [4.78, 5) is 9.00. The summed E-state index contributed by atoms with van der Waals surface area (Å²) >= 11 is 0. The number of aliphatic hydroxyl groups is 1. The highest BCUT2D eigenvalue weighted by Crippen LogP contribution is 1.89. The van der Waals surface area contributed by atoms with Crippen molar-refractivity contribution in [2.75, 3.05) is 19.8 Å². The van der Waals surface area contributed by atoms with E-state index in [2.05, 4.69) is 20.1 Å². The van der Waals surface area contributed by atoms with Crippen molar-refractivity contribution in [2.24, 2.45) is 0 Å². The van der Waals surface area contributed by atoms with Crippen LogP contribution in [0.25, 0.3) is 0 Å². The molecule has 17 heavy (non-hydrogen) atoms. The minimum absolute atomic E-state index is 0.355. The van der Waals surface area contributed by atoms with Gasteiger partial charge in [-0.1, -0.05) is 31.9 Å². The summed E-state index contributed by atoms with van der Waals surface area (Å²) < 4.78 is 4.90. The van der Waals surface area contributed by atoms with E-state index in [-0.39, 0.29) is 0 Å². The van der Waals surface area contributed by atoms with Gasteiger partial charge >= 0.3 is 0 Å². The number of aliphatic carboxylic acids is 1. The molecule has 0 amide bonds. The van der Waals surface area contributed by atoms with E-state index < -0.39 is 5.97 Å².